The van der Waals surface area contributed by atoms with Gasteiger partial charge >= 0.3 is 12.1 Å². The molecule has 0 spiro atoms. The molecular formula is C25H23F3N2O4S. The first-order chi connectivity index (χ1) is 16.5. The summed E-state index contributed by atoms with van der Waals surface area (Å²) in [5.74, 6) is 0.205. The molecule has 184 valence electrons. The third-order valence-electron chi connectivity index (χ3n) is 5.51. The van der Waals surface area contributed by atoms with Crippen LogP contribution in [-0.2, 0) is 23.8 Å². The molecule has 6 nitrogen and oxygen atoms in total. The number of rotatable bonds is 8. The van der Waals surface area contributed by atoms with Crippen LogP contribution in [0.5, 0.6) is 5.75 Å². The lowest BCUT2D eigenvalue weighted by Crippen LogP contribution is -2.10. The minimum absolute atomic E-state index is 0.145. The summed E-state index contributed by atoms with van der Waals surface area (Å²) in [5.41, 5.74) is 2.21. The number of aliphatic carboxylic acids is 1. The summed E-state index contributed by atoms with van der Waals surface area (Å²) in [6, 6.07) is 8.57. The van der Waals surface area contributed by atoms with E-state index >= 15 is 0 Å². The van der Waals surface area contributed by atoms with E-state index in [9.17, 15) is 18.0 Å². The van der Waals surface area contributed by atoms with Crippen molar-refractivity contribution in [2.24, 2.45) is 0 Å². The zero-order valence-electron chi connectivity index (χ0n) is 19.3. The molecule has 0 amide bonds. The van der Waals surface area contributed by atoms with Crippen molar-refractivity contribution >= 4 is 28.2 Å². The third-order valence-corrected chi connectivity index (χ3v) is 6.69. The molecule has 0 radical (unpaired) electrons. The van der Waals surface area contributed by atoms with Crippen LogP contribution in [-0.4, -0.2) is 27.8 Å². The van der Waals surface area contributed by atoms with Gasteiger partial charge in [0.15, 0.2) is 6.61 Å². The summed E-state index contributed by atoms with van der Waals surface area (Å²) < 4.78 is 49.6. The van der Waals surface area contributed by atoms with Crippen LogP contribution in [0.2, 0.25) is 0 Å². The standard InChI is InChI=1S/C25H23F3N2O4S/c1-13(2)23-21(35-24(29-23)15-4-6-16(7-5-15)25(26,27)28)9-8-19-17-10-14(3)20(33-12-22(31)32)11-18(17)30-34-19/h4-7,10-11,13H,8-9,12H2,1-3H3,(H,31,32). The number of fused-ring (bicyclic) bond motifs is 1. The van der Waals surface area contributed by atoms with Crippen LogP contribution in [0, 0.1) is 6.92 Å². The Bertz CT molecular complexity index is 1360. The van der Waals surface area contributed by atoms with Gasteiger partial charge in [-0.2, -0.15) is 13.2 Å². The van der Waals surface area contributed by atoms with Crippen molar-refractivity contribution in [3.05, 3.63) is 63.9 Å². The first-order valence-corrected chi connectivity index (χ1v) is 11.7. The van der Waals surface area contributed by atoms with Crippen LogP contribution in [0.25, 0.3) is 21.5 Å². The van der Waals surface area contributed by atoms with Crippen molar-refractivity contribution in [3.8, 4) is 16.3 Å². The lowest BCUT2D eigenvalue weighted by atomic mass is 10.0. The molecule has 2 aromatic carbocycles. The Balaban J connectivity index is 1.56. The number of halogens is 3. The SMILES string of the molecule is Cc1cc2c(CCc3sc(-c4ccc(C(F)(F)F)cc4)nc3C(C)C)onc2cc1OCC(=O)O. The van der Waals surface area contributed by atoms with Gasteiger partial charge < -0.3 is 14.4 Å². The van der Waals surface area contributed by atoms with Crippen molar-refractivity contribution in [1.82, 2.24) is 10.1 Å². The first-order valence-electron chi connectivity index (χ1n) is 10.9. The van der Waals surface area contributed by atoms with Gasteiger partial charge in [-0.1, -0.05) is 31.1 Å². The van der Waals surface area contributed by atoms with E-state index in [1.54, 1.807) is 6.07 Å². The van der Waals surface area contributed by atoms with Gasteiger partial charge in [-0.05, 0) is 43.0 Å². The Labute approximate surface area is 203 Å². The van der Waals surface area contributed by atoms with Gasteiger partial charge in [-0.15, -0.1) is 11.3 Å². The molecule has 0 saturated heterocycles. The Morgan fingerprint density at radius 1 is 1.17 bits per heavy atom. The maximum absolute atomic E-state index is 12.9. The molecule has 2 heterocycles. The van der Waals surface area contributed by atoms with Gasteiger partial charge in [0.05, 0.1) is 11.3 Å². The van der Waals surface area contributed by atoms with Crippen LogP contribution in [0.3, 0.4) is 0 Å². The second-order valence-corrected chi connectivity index (χ2v) is 9.56. The van der Waals surface area contributed by atoms with Gasteiger partial charge in [0.1, 0.15) is 22.0 Å². The molecule has 0 aliphatic heterocycles. The van der Waals surface area contributed by atoms with Crippen LogP contribution < -0.4 is 4.74 Å². The molecule has 10 heteroatoms. The van der Waals surface area contributed by atoms with Gasteiger partial charge in [0.2, 0.25) is 0 Å². The van der Waals surface area contributed by atoms with Crippen molar-refractivity contribution < 1.29 is 32.3 Å². The molecule has 4 rings (SSSR count). The number of hydrogen-bond acceptors (Lipinski definition) is 6. The van der Waals surface area contributed by atoms with Gasteiger partial charge in [0.25, 0.3) is 0 Å². The smallest absolute Gasteiger partial charge is 0.416 e. The number of nitrogens with zero attached hydrogens (tertiary/aromatic N) is 2. The number of carboxylic acids is 1. The number of carbonyl (C=O) groups is 1. The van der Waals surface area contributed by atoms with Crippen molar-refractivity contribution in [3.63, 3.8) is 0 Å². The van der Waals surface area contributed by atoms with E-state index in [1.165, 1.54) is 23.5 Å². The minimum Gasteiger partial charge on any atom is -0.482 e. The van der Waals surface area contributed by atoms with E-state index in [2.05, 4.69) is 5.16 Å². The quantitative estimate of drug-likeness (QED) is 0.289. The van der Waals surface area contributed by atoms with Crippen molar-refractivity contribution in [2.75, 3.05) is 6.61 Å². The molecule has 2 aromatic heterocycles. The molecule has 35 heavy (non-hydrogen) atoms. The number of benzene rings is 2. The maximum atomic E-state index is 12.9. The fraction of sp³-hybridized carbons (Fsp3) is 0.320. The molecule has 0 atom stereocenters. The zero-order valence-corrected chi connectivity index (χ0v) is 20.1. The molecule has 1 N–H and O–H groups in total. The lowest BCUT2D eigenvalue weighted by molar-refractivity contribution is -0.139. The van der Waals surface area contributed by atoms with Crippen LogP contribution >= 0.6 is 11.3 Å². The molecule has 0 bridgehead atoms. The Kier molecular flexibility index (Phi) is 6.84. The summed E-state index contributed by atoms with van der Waals surface area (Å²) in [7, 11) is 0. The molecule has 0 saturated carbocycles. The highest BCUT2D eigenvalue weighted by molar-refractivity contribution is 7.15. The predicted molar refractivity (Wildman–Crippen MR) is 126 cm³/mol. The van der Waals surface area contributed by atoms with E-state index in [4.69, 9.17) is 19.4 Å². The number of alkyl halides is 3. The number of carboxylic acid groups (broad SMARTS) is 1. The third kappa shape index (κ3) is 5.48. The summed E-state index contributed by atoms with van der Waals surface area (Å²) in [6.07, 6.45) is -3.19. The van der Waals surface area contributed by atoms with Crippen molar-refractivity contribution in [1.29, 1.82) is 0 Å². The van der Waals surface area contributed by atoms with E-state index in [0.717, 1.165) is 33.7 Å². The summed E-state index contributed by atoms with van der Waals surface area (Å²) in [4.78, 5) is 16.5. The molecule has 0 aliphatic rings. The van der Waals surface area contributed by atoms with Gasteiger partial charge in [-0.25, -0.2) is 9.78 Å². The van der Waals surface area contributed by atoms with E-state index in [1.807, 2.05) is 26.8 Å². The molecule has 0 unspecified atom stereocenters. The number of ether oxygens (including phenoxy) is 1. The highest BCUT2D eigenvalue weighted by Gasteiger charge is 2.30. The molecule has 0 aliphatic carbocycles. The monoisotopic (exact) mass is 504 g/mol. The first kappa shape index (κ1) is 24.7. The number of hydrogen-bond donors (Lipinski definition) is 1. The Morgan fingerprint density at radius 2 is 1.89 bits per heavy atom. The van der Waals surface area contributed by atoms with E-state index in [-0.39, 0.29) is 5.92 Å². The number of aromatic nitrogens is 2. The Morgan fingerprint density at radius 3 is 2.51 bits per heavy atom. The molecule has 4 aromatic rings. The lowest BCUT2D eigenvalue weighted by Gasteiger charge is -2.07. The molecule has 0 fully saturated rings. The normalized spacial score (nSPS) is 12.0. The molecular weight excluding hydrogens is 481 g/mol. The van der Waals surface area contributed by atoms with Gasteiger partial charge in [0, 0.05) is 28.3 Å². The van der Waals surface area contributed by atoms with Crippen molar-refractivity contribution in [2.45, 2.75) is 45.7 Å². The van der Waals surface area contributed by atoms with E-state index in [0.29, 0.717) is 40.4 Å². The second-order valence-electron chi connectivity index (χ2n) is 8.48. The number of thiazole rings is 1. The second kappa shape index (κ2) is 9.69. The fourth-order valence-electron chi connectivity index (χ4n) is 3.75. The highest BCUT2D eigenvalue weighted by Crippen LogP contribution is 2.36. The summed E-state index contributed by atoms with van der Waals surface area (Å²) in [6.45, 7) is 5.44. The highest BCUT2D eigenvalue weighted by atomic mass is 32.1. The fourth-order valence-corrected chi connectivity index (χ4v) is 4.97. The average molecular weight is 505 g/mol. The predicted octanol–water partition coefficient (Wildman–Crippen LogP) is 6.65. The van der Waals surface area contributed by atoms with Crippen LogP contribution in [0.15, 0.2) is 40.9 Å². The van der Waals surface area contributed by atoms with Gasteiger partial charge in [-0.3, -0.25) is 0 Å². The average Bonchev–Trinajstić information content (AvgIpc) is 3.39. The van der Waals surface area contributed by atoms with E-state index < -0.39 is 24.3 Å². The summed E-state index contributed by atoms with van der Waals surface area (Å²) in [5, 5.41) is 14.4. The topological polar surface area (TPSA) is 85.5 Å². The van der Waals surface area contributed by atoms with Crippen LogP contribution in [0.4, 0.5) is 13.2 Å². The Hall–Kier alpha value is -3.40. The van der Waals surface area contributed by atoms with Crippen LogP contribution in [0.1, 0.15) is 47.2 Å². The summed E-state index contributed by atoms with van der Waals surface area (Å²) >= 11 is 1.47. The maximum Gasteiger partial charge on any atom is 0.416 e. The zero-order chi connectivity index (χ0) is 25.3. The number of aryl methyl sites for hydroxylation is 3. The largest absolute Gasteiger partial charge is 0.482 e. The minimum atomic E-state index is -4.38.